The third-order valence-corrected chi connectivity index (χ3v) is 4.80. The Morgan fingerprint density at radius 2 is 1.55 bits per heavy atom. The van der Waals surface area contributed by atoms with Crippen LogP contribution in [0.25, 0.3) is 0 Å². The van der Waals surface area contributed by atoms with E-state index < -0.39 is 23.8 Å². The third kappa shape index (κ3) is 4.66. The average Bonchev–Trinajstić information content (AvgIpc) is 3.07. The number of hydrogen-bond acceptors (Lipinski definition) is 6. The summed E-state index contributed by atoms with van der Waals surface area (Å²) in [4.78, 5) is 40.5. The molecule has 0 aliphatic rings. The SMILES string of the molecule is COC(=O)c1c(C)[nH]c(C(=O)[C@@H](C)OC(=O)c2ccccc2Oc2ccccc2)c1C. The summed E-state index contributed by atoms with van der Waals surface area (Å²) in [5.41, 5.74) is 1.65. The summed E-state index contributed by atoms with van der Waals surface area (Å²) in [6.45, 7) is 4.79. The Labute approximate surface area is 179 Å². The van der Waals surface area contributed by atoms with Crippen LogP contribution in [-0.2, 0) is 9.47 Å². The van der Waals surface area contributed by atoms with E-state index in [4.69, 9.17) is 14.2 Å². The number of nitrogens with one attached hydrogen (secondary N) is 1. The van der Waals surface area contributed by atoms with Gasteiger partial charge < -0.3 is 19.2 Å². The van der Waals surface area contributed by atoms with Crippen LogP contribution in [0.1, 0.15) is 49.4 Å². The summed E-state index contributed by atoms with van der Waals surface area (Å²) in [5, 5.41) is 0. The third-order valence-electron chi connectivity index (χ3n) is 4.80. The number of ether oxygens (including phenoxy) is 3. The van der Waals surface area contributed by atoms with Crippen LogP contribution in [0.15, 0.2) is 54.6 Å². The van der Waals surface area contributed by atoms with E-state index in [2.05, 4.69) is 4.98 Å². The Kier molecular flexibility index (Phi) is 6.55. The van der Waals surface area contributed by atoms with Gasteiger partial charge in [-0.15, -0.1) is 0 Å². The monoisotopic (exact) mass is 421 g/mol. The number of aromatic nitrogens is 1. The van der Waals surface area contributed by atoms with E-state index in [0.29, 0.717) is 28.3 Å². The lowest BCUT2D eigenvalue weighted by Crippen LogP contribution is -2.25. The first-order valence-corrected chi connectivity index (χ1v) is 9.68. The highest BCUT2D eigenvalue weighted by Gasteiger charge is 2.28. The number of rotatable bonds is 7. The van der Waals surface area contributed by atoms with Gasteiger partial charge in [0.1, 0.15) is 17.1 Å². The number of aryl methyl sites for hydroxylation is 1. The fourth-order valence-corrected chi connectivity index (χ4v) is 3.23. The molecule has 2 aromatic carbocycles. The molecular formula is C24H23NO6. The molecule has 0 saturated carbocycles. The van der Waals surface area contributed by atoms with Gasteiger partial charge in [0, 0.05) is 5.69 Å². The molecule has 7 heteroatoms. The molecule has 0 bridgehead atoms. The Morgan fingerprint density at radius 3 is 2.23 bits per heavy atom. The van der Waals surface area contributed by atoms with Gasteiger partial charge in [-0.1, -0.05) is 30.3 Å². The van der Waals surface area contributed by atoms with Crippen molar-refractivity contribution in [3.63, 3.8) is 0 Å². The van der Waals surface area contributed by atoms with Crippen LogP contribution >= 0.6 is 0 Å². The van der Waals surface area contributed by atoms with Gasteiger partial charge in [0.2, 0.25) is 5.78 Å². The van der Waals surface area contributed by atoms with E-state index in [9.17, 15) is 14.4 Å². The zero-order valence-corrected chi connectivity index (χ0v) is 17.7. The summed E-state index contributed by atoms with van der Waals surface area (Å²) in [6.07, 6.45) is -1.08. The lowest BCUT2D eigenvalue weighted by Gasteiger charge is -2.14. The van der Waals surface area contributed by atoms with Crippen molar-refractivity contribution in [2.45, 2.75) is 26.9 Å². The Balaban J connectivity index is 1.79. The number of Topliss-reactive ketones (excluding diaryl/α,β-unsaturated/α-hetero) is 1. The topological polar surface area (TPSA) is 94.7 Å². The fraction of sp³-hybridized carbons (Fsp3) is 0.208. The van der Waals surface area contributed by atoms with Gasteiger partial charge in [-0.05, 0) is 50.6 Å². The molecule has 0 aliphatic heterocycles. The van der Waals surface area contributed by atoms with Gasteiger partial charge >= 0.3 is 11.9 Å². The number of aromatic amines is 1. The first-order chi connectivity index (χ1) is 14.8. The number of para-hydroxylation sites is 2. The van der Waals surface area contributed by atoms with Crippen LogP contribution in [-0.4, -0.2) is 35.9 Å². The first kappa shape index (κ1) is 21.8. The zero-order valence-electron chi connectivity index (χ0n) is 17.7. The molecule has 0 saturated heterocycles. The van der Waals surface area contributed by atoms with Gasteiger partial charge in [-0.2, -0.15) is 0 Å². The van der Waals surface area contributed by atoms with E-state index in [1.54, 1.807) is 50.2 Å². The minimum atomic E-state index is -1.08. The summed E-state index contributed by atoms with van der Waals surface area (Å²) in [7, 11) is 1.27. The van der Waals surface area contributed by atoms with Gasteiger partial charge in [0.15, 0.2) is 6.10 Å². The normalized spacial score (nSPS) is 11.5. The quantitative estimate of drug-likeness (QED) is 0.441. The summed E-state index contributed by atoms with van der Waals surface area (Å²) in [6, 6.07) is 15.7. The average molecular weight is 421 g/mol. The Morgan fingerprint density at radius 1 is 0.903 bits per heavy atom. The maximum Gasteiger partial charge on any atom is 0.342 e. The van der Waals surface area contributed by atoms with Crippen LogP contribution in [0.3, 0.4) is 0 Å². The van der Waals surface area contributed by atoms with Crippen molar-refractivity contribution in [1.29, 1.82) is 0 Å². The zero-order chi connectivity index (χ0) is 22.5. The second kappa shape index (κ2) is 9.30. The van der Waals surface area contributed by atoms with Gasteiger partial charge in [-0.3, -0.25) is 4.79 Å². The lowest BCUT2D eigenvalue weighted by molar-refractivity contribution is 0.0314. The maximum atomic E-state index is 12.9. The van der Waals surface area contributed by atoms with Crippen molar-refractivity contribution in [2.24, 2.45) is 0 Å². The Bertz CT molecular complexity index is 1120. The molecule has 3 aromatic rings. The summed E-state index contributed by atoms with van der Waals surface area (Å²) < 4.78 is 16.0. The van der Waals surface area contributed by atoms with Crippen molar-refractivity contribution in [2.75, 3.05) is 7.11 Å². The highest BCUT2D eigenvalue weighted by atomic mass is 16.5. The number of H-pyrrole nitrogens is 1. The van der Waals surface area contributed by atoms with Crippen molar-refractivity contribution in [1.82, 2.24) is 4.98 Å². The van der Waals surface area contributed by atoms with E-state index in [1.165, 1.54) is 14.0 Å². The molecule has 0 spiro atoms. The molecule has 0 amide bonds. The smallest absolute Gasteiger partial charge is 0.342 e. The molecule has 3 rings (SSSR count). The molecule has 0 fully saturated rings. The molecule has 7 nitrogen and oxygen atoms in total. The first-order valence-electron chi connectivity index (χ1n) is 9.68. The standard InChI is InChI=1S/C24H23NO6/c1-14-20(24(28)29-4)15(2)25-21(14)22(26)16(3)30-23(27)18-12-8-9-13-19(18)31-17-10-6-5-7-11-17/h5-13,16,25H,1-4H3/t16-/m1/s1. The van der Waals surface area contributed by atoms with E-state index in [-0.39, 0.29) is 11.3 Å². The van der Waals surface area contributed by atoms with Crippen molar-refractivity contribution < 1.29 is 28.6 Å². The molecule has 31 heavy (non-hydrogen) atoms. The molecule has 0 unspecified atom stereocenters. The minimum Gasteiger partial charge on any atom is -0.465 e. The summed E-state index contributed by atoms with van der Waals surface area (Å²) >= 11 is 0. The maximum absolute atomic E-state index is 12.9. The van der Waals surface area contributed by atoms with Gasteiger partial charge in [0.25, 0.3) is 0 Å². The predicted molar refractivity (Wildman–Crippen MR) is 114 cm³/mol. The second-order valence-corrected chi connectivity index (χ2v) is 6.94. The highest BCUT2D eigenvalue weighted by molar-refractivity contribution is 6.04. The number of hydrogen-bond donors (Lipinski definition) is 1. The van der Waals surface area contributed by atoms with Crippen molar-refractivity contribution >= 4 is 17.7 Å². The number of ketones is 1. The fourth-order valence-electron chi connectivity index (χ4n) is 3.23. The molecule has 160 valence electrons. The predicted octanol–water partition coefficient (Wildman–Crippen LogP) is 4.64. The van der Waals surface area contributed by atoms with Gasteiger partial charge in [0.05, 0.1) is 18.4 Å². The molecular weight excluding hydrogens is 398 g/mol. The second-order valence-electron chi connectivity index (χ2n) is 6.94. The number of carbonyl (C=O) groups is 3. The van der Waals surface area contributed by atoms with Gasteiger partial charge in [-0.25, -0.2) is 9.59 Å². The molecule has 1 aromatic heterocycles. The van der Waals surface area contributed by atoms with Crippen LogP contribution in [0.5, 0.6) is 11.5 Å². The number of carbonyl (C=O) groups excluding carboxylic acids is 3. The van der Waals surface area contributed by atoms with Crippen LogP contribution in [0.4, 0.5) is 0 Å². The van der Waals surface area contributed by atoms with Crippen LogP contribution in [0.2, 0.25) is 0 Å². The molecule has 0 radical (unpaired) electrons. The Hall–Kier alpha value is -3.87. The number of benzene rings is 2. The molecule has 1 heterocycles. The van der Waals surface area contributed by atoms with Crippen LogP contribution < -0.4 is 4.74 Å². The molecule has 1 N–H and O–H groups in total. The highest BCUT2D eigenvalue weighted by Crippen LogP contribution is 2.26. The van der Waals surface area contributed by atoms with Crippen molar-refractivity contribution in [3.05, 3.63) is 82.7 Å². The largest absolute Gasteiger partial charge is 0.465 e. The van der Waals surface area contributed by atoms with E-state index >= 15 is 0 Å². The number of esters is 2. The molecule has 0 aliphatic carbocycles. The number of methoxy groups -OCH3 is 1. The molecule has 1 atom stereocenters. The van der Waals surface area contributed by atoms with Crippen LogP contribution in [0, 0.1) is 13.8 Å². The minimum absolute atomic E-state index is 0.195. The van der Waals surface area contributed by atoms with E-state index in [0.717, 1.165) is 0 Å². The summed E-state index contributed by atoms with van der Waals surface area (Å²) in [5.74, 6) is -0.799. The van der Waals surface area contributed by atoms with E-state index in [1.807, 2.05) is 18.2 Å². The lowest BCUT2D eigenvalue weighted by atomic mass is 10.1. The van der Waals surface area contributed by atoms with Crippen molar-refractivity contribution in [3.8, 4) is 11.5 Å².